The molecule has 0 aliphatic rings. The van der Waals surface area contributed by atoms with Crippen LogP contribution in [0.4, 0.5) is 5.69 Å². The van der Waals surface area contributed by atoms with E-state index < -0.39 is 5.41 Å². The minimum Gasteiger partial charge on any atom is -0.494 e. The van der Waals surface area contributed by atoms with E-state index in [0.717, 1.165) is 35.6 Å². The average Bonchev–Trinajstić information content (AvgIpc) is 2.79. The molecule has 0 aliphatic carbocycles. The van der Waals surface area contributed by atoms with Crippen LogP contribution < -0.4 is 20.1 Å². The Morgan fingerprint density at radius 1 is 0.971 bits per heavy atom. The van der Waals surface area contributed by atoms with Gasteiger partial charge in [0.05, 0.1) is 13.2 Å². The summed E-state index contributed by atoms with van der Waals surface area (Å²) in [5, 5.41) is 6.20. The monoisotopic (exact) mass is 484 g/mol. The highest BCUT2D eigenvalue weighted by Crippen LogP contribution is 2.24. The first kappa shape index (κ1) is 27.6. The van der Waals surface area contributed by atoms with Crippen LogP contribution in [0.3, 0.4) is 0 Å². The molecule has 2 rings (SSSR count). The van der Waals surface area contributed by atoms with Crippen molar-refractivity contribution >= 4 is 28.9 Å². The van der Waals surface area contributed by atoms with E-state index in [1.807, 2.05) is 51.1 Å². The quantitative estimate of drug-likeness (QED) is 0.238. The molecule has 0 radical (unpaired) electrons. The van der Waals surface area contributed by atoms with Crippen molar-refractivity contribution in [1.82, 2.24) is 5.32 Å². The lowest BCUT2D eigenvalue weighted by Crippen LogP contribution is -2.42. The molecular formula is C28H40N2O3S. The van der Waals surface area contributed by atoms with E-state index >= 15 is 0 Å². The summed E-state index contributed by atoms with van der Waals surface area (Å²) < 4.78 is 11.8. The maximum Gasteiger partial charge on any atom is 0.231 e. The molecule has 0 fully saturated rings. The van der Waals surface area contributed by atoms with Crippen molar-refractivity contribution in [3.8, 4) is 11.5 Å². The van der Waals surface area contributed by atoms with Crippen molar-refractivity contribution in [3.63, 3.8) is 0 Å². The number of carbonyl (C=O) groups is 1. The van der Waals surface area contributed by atoms with Crippen molar-refractivity contribution in [2.24, 2.45) is 5.41 Å². The van der Waals surface area contributed by atoms with Gasteiger partial charge in [-0.2, -0.15) is 0 Å². The van der Waals surface area contributed by atoms with E-state index in [-0.39, 0.29) is 11.0 Å². The number of anilines is 1. The van der Waals surface area contributed by atoms with Gasteiger partial charge < -0.3 is 20.1 Å². The lowest BCUT2D eigenvalue weighted by molar-refractivity contribution is -0.128. The van der Waals surface area contributed by atoms with Gasteiger partial charge >= 0.3 is 0 Å². The zero-order valence-electron chi connectivity index (χ0n) is 21.3. The van der Waals surface area contributed by atoms with Gasteiger partial charge in [0.1, 0.15) is 11.5 Å². The van der Waals surface area contributed by atoms with Gasteiger partial charge in [0.2, 0.25) is 5.91 Å². The summed E-state index contributed by atoms with van der Waals surface area (Å²) in [6.45, 7) is 11.4. The Labute approximate surface area is 210 Å². The third-order valence-electron chi connectivity index (χ3n) is 5.75. The van der Waals surface area contributed by atoms with Gasteiger partial charge in [-0.05, 0) is 74.7 Å². The Hall–Kier alpha value is -2.60. The molecule has 2 aromatic rings. The Morgan fingerprint density at radius 2 is 1.74 bits per heavy atom. The number of aryl methyl sites for hydroxylation is 2. The Balaban J connectivity index is 1.76. The van der Waals surface area contributed by atoms with Gasteiger partial charge in [0.15, 0.2) is 5.11 Å². The Bertz CT molecular complexity index is 943. The first-order valence-electron chi connectivity index (χ1n) is 12.3. The van der Waals surface area contributed by atoms with Gasteiger partial charge in [-0.3, -0.25) is 4.79 Å². The van der Waals surface area contributed by atoms with Crippen LogP contribution >= 0.6 is 12.2 Å². The van der Waals surface area contributed by atoms with Crippen LogP contribution in [0.25, 0.3) is 0 Å². The lowest BCUT2D eigenvalue weighted by Gasteiger charge is -2.24. The molecule has 0 aromatic heterocycles. The average molecular weight is 485 g/mol. The van der Waals surface area contributed by atoms with Crippen LogP contribution in [0, 0.1) is 19.3 Å². The van der Waals surface area contributed by atoms with E-state index in [4.69, 9.17) is 21.7 Å². The van der Waals surface area contributed by atoms with E-state index in [1.54, 1.807) is 0 Å². The smallest absolute Gasteiger partial charge is 0.231 e. The largest absolute Gasteiger partial charge is 0.494 e. The number of carbonyl (C=O) groups excluding carboxylic acids is 1. The second kappa shape index (κ2) is 14.0. The fourth-order valence-corrected chi connectivity index (χ4v) is 3.70. The van der Waals surface area contributed by atoms with Crippen molar-refractivity contribution in [2.75, 3.05) is 18.5 Å². The molecule has 6 heteroatoms. The van der Waals surface area contributed by atoms with Gasteiger partial charge in [-0.1, -0.05) is 58.2 Å². The summed E-state index contributed by atoms with van der Waals surface area (Å²) in [5.41, 5.74) is 2.51. The van der Waals surface area contributed by atoms with Crippen LogP contribution in [-0.4, -0.2) is 24.2 Å². The summed E-state index contributed by atoms with van der Waals surface area (Å²) in [5.74, 6) is 1.58. The highest BCUT2D eigenvalue weighted by molar-refractivity contribution is 7.80. The molecule has 0 unspecified atom stereocenters. The molecule has 34 heavy (non-hydrogen) atoms. The second-order valence-corrected chi connectivity index (χ2v) is 9.86. The first-order chi connectivity index (χ1) is 16.2. The molecule has 1 amide bonds. The number of thiocarbonyl (C=S) groups is 1. The first-order valence-corrected chi connectivity index (χ1v) is 12.7. The van der Waals surface area contributed by atoms with Crippen LogP contribution in [0.5, 0.6) is 11.5 Å². The third-order valence-corrected chi connectivity index (χ3v) is 5.95. The zero-order chi connectivity index (χ0) is 25.0. The Morgan fingerprint density at radius 3 is 2.50 bits per heavy atom. The molecule has 5 nitrogen and oxygen atoms in total. The molecule has 2 aromatic carbocycles. The molecule has 2 N–H and O–H groups in total. The van der Waals surface area contributed by atoms with Gasteiger partial charge in [-0.25, -0.2) is 0 Å². The van der Waals surface area contributed by atoms with Crippen LogP contribution in [0.1, 0.15) is 70.4 Å². The number of ether oxygens (including phenoxy) is 2. The number of hydrogen-bond donors (Lipinski definition) is 2. The number of hydrogen-bond acceptors (Lipinski definition) is 4. The standard InChI is InChI=1S/C28H40N2O3S/c1-6-7-8-9-17-32-24-13-10-12-23(20-24)29-27(34)30-26(31)28(4,5)16-11-18-33-25-19-21(2)14-15-22(25)3/h10,12-15,19-20H,6-9,11,16-18H2,1-5H3,(H2,29,30,31,34). The SMILES string of the molecule is CCCCCCOc1cccc(NC(=S)NC(=O)C(C)(C)CCCOc2cc(C)ccc2C)c1. The van der Waals surface area contributed by atoms with E-state index in [9.17, 15) is 4.79 Å². The molecule has 0 atom stereocenters. The predicted molar refractivity (Wildman–Crippen MR) is 145 cm³/mol. The molecule has 0 saturated heterocycles. The summed E-state index contributed by atoms with van der Waals surface area (Å²) in [6.07, 6.45) is 6.12. The van der Waals surface area contributed by atoms with Crippen LogP contribution in [-0.2, 0) is 4.79 Å². The number of benzene rings is 2. The molecule has 0 bridgehead atoms. The second-order valence-electron chi connectivity index (χ2n) is 9.45. The van der Waals surface area contributed by atoms with Gasteiger partial charge in [-0.15, -0.1) is 0 Å². The summed E-state index contributed by atoms with van der Waals surface area (Å²) in [4.78, 5) is 12.8. The van der Waals surface area contributed by atoms with Gasteiger partial charge in [0, 0.05) is 17.2 Å². The van der Waals surface area contributed by atoms with Gasteiger partial charge in [0.25, 0.3) is 0 Å². The number of unbranched alkanes of at least 4 members (excludes halogenated alkanes) is 3. The van der Waals surface area contributed by atoms with E-state index in [2.05, 4.69) is 36.6 Å². The fourth-order valence-electron chi connectivity index (χ4n) is 3.49. The number of amides is 1. The minimum absolute atomic E-state index is 0.111. The summed E-state index contributed by atoms with van der Waals surface area (Å²) >= 11 is 5.38. The minimum atomic E-state index is -0.569. The van der Waals surface area contributed by atoms with E-state index in [0.29, 0.717) is 19.6 Å². The third kappa shape index (κ3) is 9.72. The molecule has 186 valence electrons. The predicted octanol–water partition coefficient (Wildman–Crippen LogP) is 6.96. The highest BCUT2D eigenvalue weighted by Gasteiger charge is 2.27. The lowest BCUT2D eigenvalue weighted by atomic mass is 9.87. The topological polar surface area (TPSA) is 59.6 Å². The highest BCUT2D eigenvalue weighted by atomic mass is 32.1. The summed E-state index contributed by atoms with van der Waals surface area (Å²) in [6, 6.07) is 13.8. The maximum absolute atomic E-state index is 12.8. The number of nitrogens with one attached hydrogen (secondary N) is 2. The van der Waals surface area contributed by atoms with Crippen molar-refractivity contribution in [1.29, 1.82) is 0 Å². The van der Waals surface area contributed by atoms with Crippen LogP contribution in [0.15, 0.2) is 42.5 Å². The normalized spacial score (nSPS) is 11.1. The molecule has 0 heterocycles. The maximum atomic E-state index is 12.8. The van der Waals surface area contributed by atoms with Crippen LogP contribution in [0.2, 0.25) is 0 Å². The zero-order valence-corrected chi connectivity index (χ0v) is 22.1. The van der Waals surface area contributed by atoms with E-state index in [1.165, 1.54) is 24.8 Å². The number of rotatable bonds is 13. The molecule has 0 spiro atoms. The summed E-state index contributed by atoms with van der Waals surface area (Å²) in [7, 11) is 0. The van der Waals surface area contributed by atoms with Crippen molar-refractivity contribution in [3.05, 3.63) is 53.6 Å². The molecule has 0 aliphatic heterocycles. The van der Waals surface area contributed by atoms with Crippen molar-refractivity contribution < 1.29 is 14.3 Å². The molecule has 0 saturated carbocycles. The fraction of sp³-hybridized carbons (Fsp3) is 0.500. The van der Waals surface area contributed by atoms with Crippen molar-refractivity contribution in [2.45, 2.75) is 73.1 Å². The molecular weight excluding hydrogens is 444 g/mol. The Kier molecular flexibility index (Phi) is 11.3.